The van der Waals surface area contributed by atoms with Gasteiger partial charge in [0.1, 0.15) is 6.54 Å². The lowest BCUT2D eigenvalue weighted by Crippen LogP contribution is -2.10. The van der Waals surface area contributed by atoms with Crippen LogP contribution in [-0.2, 0) is 6.54 Å². The molecular formula is C7H9F3N2O. The highest BCUT2D eigenvalue weighted by atomic mass is 19.3. The van der Waals surface area contributed by atoms with Crippen molar-refractivity contribution in [1.82, 2.24) is 9.78 Å². The fraction of sp³-hybridized carbons (Fsp3) is 0.571. The molecule has 1 aromatic heterocycles. The standard InChI is InChI=1S/C7H9F3N2O/c1-2-13-7-5(8)3-11-12(7)4-6(9)10/h3,6H,2,4H2,1H3. The van der Waals surface area contributed by atoms with Gasteiger partial charge in [0.2, 0.25) is 11.7 Å². The molecule has 0 aliphatic carbocycles. The predicted octanol–water partition coefficient (Wildman–Crippen LogP) is 1.69. The maximum absolute atomic E-state index is 12.8. The summed E-state index contributed by atoms with van der Waals surface area (Å²) in [5, 5.41) is 3.41. The van der Waals surface area contributed by atoms with Crippen molar-refractivity contribution in [2.24, 2.45) is 0 Å². The van der Waals surface area contributed by atoms with Crippen LogP contribution in [0, 0.1) is 5.82 Å². The molecule has 74 valence electrons. The number of ether oxygens (including phenoxy) is 1. The fourth-order valence-electron chi connectivity index (χ4n) is 0.892. The number of aromatic nitrogens is 2. The van der Waals surface area contributed by atoms with Gasteiger partial charge in [-0.2, -0.15) is 9.49 Å². The molecule has 0 aliphatic heterocycles. The van der Waals surface area contributed by atoms with E-state index in [0.717, 1.165) is 10.9 Å². The lowest BCUT2D eigenvalue weighted by molar-refractivity contribution is 0.115. The van der Waals surface area contributed by atoms with Gasteiger partial charge < -0.3 is 4.74 Å². The zero-order valence-corrected chi connectivity index (χ0v) is 7.01. The molecule has 0 amide bonds. The van der Waals surface area contributed by atoms with Crippen molar-refractivity contribution in [2.75, 3.05) is 6.61 Å². The highest BCUT2D eigenvalue weighted by Crippen LogP contribution is 2.16. The molecule has 6 heteroatoms. The lowest BCUT2D eigenvalue weighted by Gasteiger charge is -2.06. The third-order valence-corrected chi connectivity index (χ3v) is 1.34. The average Bonchev–Trinajstić information content (AvgIpc) is 2.35. The van der Waals surface area contributed by atoms with E-state index in [1.165, 1.54) is 0 Å². The number of rotatable bonds is 4. The second-order valence-electron chi connectivity index (χ2n) is 2.30. The van der Waals surface area contributed by atoms with E-state index in [4.69, 9.17) is 4.74 Å². The normalized spacial score (nSPS) is 10.8. The number of halogens is 3. The molecule has 1 aromatic rings. The van der Waals surface area contributed by atoms with Crippen LogP contribution in [0.15, 0.2) is 6.20 Å². The third kappa shape index (κ3) is 2.37. The molecule has 0 atom stereocenters. The zero-order valence-electron chi connectivity index (χ0n) is 7.01. The van der Waals surface area contributed by atoms with E-state index >= 15 is 0 Å². The Hall–Kier alpha value is -1.20. The van der Waals surface area contributed by atoms with E-state index in [9.17, 15) is 13.2 Å². The Labute approximate surface area is 73.1 Å². The first-order valence-corrected chi connectivity index (χ1v) is 3.77. The van der Waals surface area contributed by atoms with Gasteiger partial charge in [-0.25, -0.2) is 13.5 Å². The summed E-state index contributed by atoms with van der Waals surface area (Å²) < 4.78 is 42.2. The summed E-state index contributed by atoms with van der Waals surface area (Å²) in [5.74, 6) is -0.953. The summed E-state index contributed by atoms with van der Waals surface area (Å²) in [6.07, 6.45) is -1.72. The van der Waals surface area contributed by atoms with Gasteiger partial charge in [-0.05, 0) is 6.92 Å². The number of nitrogens with zero attached hydrogens (tertiary/aromatic N) is 2. The van der Waals surface area contributed by atoms with E-state index < -0.39 is 18.8 Å². The Kier molecular flexibility index (Phi) is 3.16. The van der Waals surface area contributed by atoms with Crippen LogP contribution >= 0.6 is 0 Å². The maximum Gasteiger partial charge on any atom is 0.258 e. The summed E-state index contributed by atoms with van der Waals surface area (Å²) in [4.78, 5) is 0. The van der Waals surface area contributed by atoms with E-state index in [1.807, 2.05) is 0 Å². The molecule has 0 N–H and O–H groups in total. The van der Waals surface area contributed by atoms with E-state index in [1.54, 1.807) is 6.92 Å². The molecule has 3 nitrogen and oxygen atoms in total. The third-order valence-electron chi connectivity index (χ3n) is 1.34. The second kappa shape index (κ2) is 4.15. The molecule has 13 heavy (non-hydrogen) atoms. The van der Waals surface area contributed by atoms with Gasteiger partial charge in [-0.15, -0.1) is 0 Å². The van der Waals surface area contributed by atoms with Crippen molar-refractivity contribution >= 4 is 0 Å². The quantitative estimate of drug-likeness (QED) is 0.729. The van der Waals surface area contributed by atoms with Crippen molar-refractivity contribution in [2.45, 2.75) is 19.9 Å². The molecular weight excluding hydrogens is 185 g/mol. The molecule has 0 aliphatic rings. The Morgan fingerprint density at radius 3 is 2.85 bits per heavy atom. The van der Waals surface area contributed by atoms with Crippen molar-refractivity contribution in [3.8, 4) is 5.88 Å². The van der Waals surface area contributed by atoms with Crippen LogP contribution in [-0.4, -0.2) is 22.8 Å². The molecule has 1 rings (SSSR count). The van der Waals surface area contributed by atoms with Crippen LogP contribution in [0.25, 0.3) is 0 Å². The zero-order chi connectivity index (χ0) is 9.84. The van der Waals surface area contributed by atoms with Gasteiger partial charge in [0.15, 0.2) is 0 Å². The molecule has 0 bridgehead atoms. The lowest BCUT2D eigenvalue weighted by atomic mass is 10.6. The van der Waals surface area contributed by atoms with Crippen LogP contribution in [0.3, 0.4) is 0 Å². The highest BCUT2D eigenvalue weighted by Gasteiger charge is 2.14. The van der Waals surface area contributed by atoms with Gasteiger partial charge >= 0.3 is 0 Å². The minimum Gasteiger partial charge on any atom is -0.476 e. The van der Waals surface area contributed by atoms with Crippen molar-refractivity contribution in [3.63, 3.8) is 0 Å². The van der Waals surface area contributed by atoms with Crippen molar-refractivity contribution in [1.29, 1.82) is 0 Å². The number of alkyl halides is 2. The van der Waals surface area contributed by atoms with E-state index in [0.29, 0.717) is 0 Å². The fourth-order valence-corrected chi connectivity index (χ4v) is 0.892. The maximum atomic E-state index is 12.8. The second-order valence-corrected chi connectivity index (χ2v) is 2.30. The Balaban J connectivity index is 2.80. The van der Waals surface area contributed by atoms with Gasteiger partial charge in [0, 0.05) is 0 Å². The Morgan fingerprint density at radius 1 is 1.62 bits per heavy atom. The monoisotopic (exact) mass is 194 g/mol. The van der Waals surface area contributed by atoms with Crippen LogP contribution in [0.5, 0.6) is 5.88 Å². The first kappa shape index (κ1) is 9.88. The summed E-state index contributed by atoms with van der Waals surface area (Å²) in [5.41, 5.74) is 0. The first-order valence-electron chi connectivity index (χ1n) is 3.77. The minimum atomic E-state index is -2.57. The summed E-state index contributed by atoms with van der Waals surface area (Å²) >= 11 is 0. The summed E-state index contributed by atoms with van der Waals surface area (Å²) in [6, 6.07) is 0. The van der Waals surface area contributed by atoms with Gasteiger partial charge in [-0.3, -0.25) is 0 Å². The number of hydrogen-bond donors (Lipinski definition) is 0. The molecule has 0 radical (unpaired) electrons. The van der Waals surface area contributed by atoms with Crippen LogP contribution in [0.1, 0.15) is 6.92 Å². The predicted molar refractivity (Wildman–Crippen MR) is 39.4 cm³/mol. The SMILES string of the molecule is CCOc1c(F)cnn1CC(F)F. The number of hydrogen-bond acceptors (Lipinski definition) is 2. The smallest absolute Gasteiger partial charge is 0.258 e. The largest absolute Gasteiger partial charge is 0.476 e. The summed E-state index contributed by atoms with van der Waals surface area (Å²) in [7, 11) is 0. The molecule has 1 heterocycles. The molecule has 0 saturated heterocycles. The molecule has 0 saturated carbocycles. The first-order chi connectivity index (χ1) is 6.15. The Bertz CT molecular complexity index is 275. The molecule has 0 fully saturated rings. The van der Waals surface area contributed by atoms with Gasteiger partial charge in [0.05, 0.1) is 12.8 Å². The topological polar surface area (TPSA) is 27.1 Å². The molecule has 0 spiro atoms. The molecule has 0 unspecified atom stereocenters. The highest BCUT2D eigenvalue weighted by molar-refractivity contribution is 5.11. The van der Waals surface area contributed by atoms with Gasteiger partial charge in [-0.1, -0.05) is 0 Å². The van der Waals surface area contributed by atoms with Crippen LogP contribution < -0.4 is 4.74 Å². The average molecular weight is 194 g/mol. The molecule has 0 aromatic carbocycles. The van der Waals surface area contributed by atoms with E-state index in [-0.39, 0.29) is 12.5 Å². The van der Waals surface area contributed by atoms with Gasteiger partial charge in [0.25, 0.3) is 6.43 Å². The van der Waals surface area contributed by atoms with Crippen LogP contribution in [0.4, 0.5) is 13.2 Å². The van der Waals surface area contributed by atoms with Crippen LogP contribution in [0.2, 0.25) is 0 Å². The van der Waals surface area contributed by atoms with Crippen molar-refractivity contribution < 1.29 is 17.9 Å². The van der Waals surface area contributed by atoms with Crippen molar-refractivity contribution in [3.05, 3.63) is 12.0 Å². The Morgan fingerprint density at radius 2 is 2.31 bits per heavy atom. The minimum absolute atomic E-state index is 0.214. The van der Waals surface area contributed by atoms with E-state index in [2.05, 4.69) is 5.10 Å². The summed E-state index contributed by atoms with van der Waals surface area (Å²) in [6.45, 7) is 1.20.